The molecule has 0 saturated heterocycles. The Hall–Kier alpha value is -2.17. The van der Waals surface area contributed by atoms with Gasteiger partial charge in [-0.15, -0.1) is 0 Å². The normalized spacial score (nSPS) is 13.5. The summed E-state index contributed by atoms with van der Waals surface area (Å²) in [5, 5.41) is -1.03. The average molecular weight is 579 g/mol. The first kappa shape index (κ1) is 26.4. The van der Waals surface area contributed by atoms with Crippen molar-refractivity contribution in [2.24, 2.45) is 0 Å². The summed E-state index contributed by atoms with van der Waals surface area (Å²) in [5.74, 6) is -1.85. The number of anilines is 1. The number of nitrogens with two attached hydrogens (primary N) is 1. The van der Waals surface area contributed by atoms with E-state index in [4.69, 9.17) is 15.0 Å². The van der Waals surface area contributed by atoms with Crippen molar-refractivity contribution in [2.45, 2.75) is 21.1 Å². The second kappa shape index (κ2) is 8.49. The molecule has 34 heavy (non-hydrogen) atoms. The molecular weight excluding hydrogens is 564 g/mol. The number of aromatic nitrogens is 1. The Kier molecular flexibility index (Phi) is 6.60. The summed E-state index contributed by atoms with van der Waals surface area (Å²) in [6.07, 6.45) is -0.460. The number of benzene rings is 2. The third-order valence-corrected chi connectivity index (χ3v) is 8.90. The predicted molar refractivity (Wildman–Crippen MR) is 118 cm³/mol. The van der Waals surface area contributed by atoms with E-state index in [0.717, 1.165) is 0 Å². The number of fused-ring (bicyclic) bond motifs is 3. The maximum absolute atomic E-state index is 12.1. The highest BCUT2D eigenvalue weighted by Gasteiger charge is 2.33. The summed E-state index contributed by atoms with van der Waals surface area (Å²) >= 11 is 0.586. The molecule has 0 saturated carbocycles. The quantitative estimate of drug-likeness (QED) is 0.179. The number of nitrogen functional groups attached to an aromatic ring is 1. The molecule has 188 valence electrons. The van der Waals surface area contributed by atoms with Crippen LogP contribution in [0.4, 0.5) is 5.13 Å². The zero-order chi connectivity index (χ0) is 25.9. The Morgan fingerprint density at radius 3 is 1.91 bits per heavy atom. The summed E-state index contributed by atoms with van der Waals surface area (Å²) < 4.78 is 136. The minimum atomic E-state index is -5.49. The molecular formula is C14H14N2O13S5. The molecule has 0 amide bonds. The Morgan fingerprint density at radius 1 is 0.853 bits per heavy atom. The molecule has 0 spiro atoms. The van der Waals surface area contributed by atoms with Gasteiger partial charge in [0.1, 0.15) is 15.5 Å². The van der Waals surface area contributed by atoms with E-state index in [9.17, 15) is 47.3 Å². The maximum Gasteiger partial charge on any atom is 0.299 e. The SMILES string of the molecule is Nc1nc2c(s1)c(S(=O)(=O)O)cc1c(OCCCS(=O)(=O)O)c(S(=O)(=O)O)c(S(=O)(=O)O)cc12. The molecule has 0 fully saturated rings. The molecule has 1 heterocycles. The van der Waals surface area contributed by atoms with Crippen LogP contribution in [0.5, 0.6) is 5.75 Å². The van der Waals surface area contributed by atoms with E-state index in [1.165, 1.54) is 0 Å². The molecule has 0 bridgehead atoms. The lowest BCUT2D eigenvalue weighted by Crippen LogP contribution is -2.14. The van der Waals surface area contributed by atoms with E-state index in [-0.39, 0.29) is 20.7 Å². The molecule has 0 atom stereocenters. The van der Waals surface area contributed by atoms with Crippen LogP contribution in [0.3, 0.4) is 0 Å². The molecule has 2 aromatic carbocycles. The molecule has 3 aromatic rings. The Bertz CT molecular complexity index is 1760. The second-order valence-corrected chi connectivity index (χ2v) is 13.4. The van der Waals surface area contributed by atoms with Gasteiger partial charge >= 0.3 is 0 Å². The second-order valence-electron chi connectivity index (χ2n) is 6.65. The topological polar surface area (TPSA) is 266 Å². The average Bonchev–Trinajstić information content (AvgIpc) is 3.01. The molecule has 20 heteroatoms. The van der Waals surface area contributed by atoms with Crippen molar-refractivity contribution in [3.05, 3.63) is 12.1 Å². The molecule has 0 aliphatic carbocycles. The highest BCUT2D eigenvalue weighted by atomic mass is 32.2. The lowest BCUT2D eigenvalue weighted by Gasteiger charge is -2.16. The Morgan fingerprint density at radius 2 is 1.41 bits per heavy atom. The van der Waals surface area contributed by atoms with Gasteiger partial charge < -0.3 is 10.5 Å². The first-order chi connectivity index (χ1) is 15.3. The molecule has 3 rings (SSSR count). The van der Waals surface area contributed by atoms with Crippen molar-refractivity contribution in [3.63, 3.8) is 0 Å². The van der Waals surface area contributed by atoms with Crippen molar-refractivity contribution in [3.8, 4) is 5.75 Å². The monoisotopic (exact) mass is 578 g/mol. The van der Waals surface area contributed by atoms with Crippen LogP contribution in [-0.4, -0.2) is 69.2 Å². The molecule has 1 aromatic heterocycles. The van der Waals surface area contributed by atoms with Crippen LogP contribution in [0.15, 0.2) is 26.8 Å². The summed E-state index contributed by atoms with van der Waals surface area (Å²) in [6, 6.07) is 1.28. The van der Waals surface area contributed by atoms with E-state index < -0.39 is 85.1 Å². The molecule has 0 radical (unpaired) electrons. The van der Waals surface area contributed by atoms with Gasteiger partial charge in [-0.1, -0.05) is 11.3 Å². The van der Waals surface area contributed by atoms with Gasteiger partial charge in [-0.2, -0.15) is 33.7 Å². The van der Waals surface area contributed by atoms with E-state index >= 15 is 0 Å². The van der Waals surface area contributed by atoms with E-state index in [1.54, 1.807) is 0 Å². The Labute approximate surface area is 196 Å². The van der Waals surface area contributed by atoms with Crippen LogP contribution in [0.25, 0.3) is 21.0 Å². The third-order valence-electron chi connectivity index (χ3n) is 4.25. The van der Waals surface area contributed by atoms with Gasteiger partial charge in [0, 0.05) is 10.8 Å². The molecule has 0 unspecified atom stereocenters. The number of nitrogens with zero attached hydrogens (tertiary/aromatic N) is 1. The summed E-state index contributed by atoms with van der Waals surface area (Å²) in [5.41, 5.74) is 5.29. The number of hydrogen-bond acceptors (Lipinski definition) is 12. The fraction of sp³-hybridized carbons (Fsp3) is 0.214. The fourth-order valence-electron chi connectivity index (χ4n) is 3.04. The Balaban J connectivity index is 2.52. The number of hydrogen-bond donors (Lipinski definition) is 5. The number of thiazole rings is 1. The third kappa shape index (κ3) is 5.39. The molecule has 6 N–H and O–H groups in total. The van der Waals surface area contributed by atoms with Crippen molar-refractivity contribution < 1.29 is 56.6 Å². The smallest absolute Gasteiger partial charge is 0.299 e. The fourth-order valence-corrected chi connectivity index (χ4v) is 7.26. The van der Waals surface area contributed by atoms with Crippen LogP contribution >= 0.6 is 11.3 Å². The first-order valence-corrected chi connectivity index (χ1v) is 15.3. The standard InChI is InChI=1S/C14H14N2O13S5/c15-14-16-10-6-4-9(33(23,24)25)13(34(26,27)28)11(29-2-1-3-31(17,18)19)7(6)5-8(12(10)30-14)32(20,21)22/h4-5H,1-3H2,(H2,15,16)(H,17,18,19)(H,20,21,22)(H,23,24,25)(H,26,27,28). The molecule has 15 nitrogen and oxygen atoms in total. The van der Waals surface area contributed by atoms with Crippen molar-refractivity contribution in [2.75, 3.05) is 18.1 Å². The zero-order valence-corrected chi connectivity index (χ0v) is 20.4. The lowest BCUT2D eigenvalue weighted by molar-refractivity contribution is 0.308. The minimum Gasteiger partial charge on any atom is -0.491 e. The first-order valence-electron chi connectivity index (χ1n) is 8.51. The lowest BCUT2D eigenvalue weighted by atomic mass is 10.1. The van der Waals surface area contributed by atoms with E-state index in [2.05, 4.69) is 4.98 Å². The van der Waals surface area contributed by atoms with Crippen LogP contribution in [-0.2, 0) is 40.5 Å². The predicted octanol–water partition coefficient (Wildman–Crippen LogP) is 0.429. The molecule has 0 aliphatic heterocycles. The van der Waals surface area contributed by atoms with Crippen molar-refractivity contribution in [1.29, 1.82) is 0 Å². The summed E-state index contributed by atoms with van der Waals surface area (Å²) in [6.45, 7) is -0.690. The van der Waals surface area contributed by atoms with Crippen molar-refractivity contribution >= 4 is 77.9 Å². The van der Waals surface area contributed by atoms with Gasteiger partial charge in [-0.05, 0) is 18.6 Å². The zero-order valence-electron chi connectivity index (χ0n) is 16.3. The van der Waals surface area contributed by atoms with Crippen LogP contribution in [0, 0.1) is 0 Å². The van der Waals surface area contributed by atoms with Gasteiger partial charge in [0.05, 0.1) is 22.6 Å². The van der Waals surface area contributed by atoms with Gasteiger partial charge in [-0.25, -0.2) is 4.98 Å². The van der Waals surface area contributed by atoms with Crippen LogP contribution in [0.1, 0.15) is 6.42 Å². The minimum absolute atomic E-state index is 0.227. The maximum atomic E-state index is 12.1. The highest BCUT2D eigenvalue weighted by Crippen LogP contribution is 2.44. The number of rotatable bonds is 8. The van der Waals surface area contributed by atoms with Gasteiger partial charge in [-0.3, -0.25) is 18.2 Å². The van der Waals surface area contributed by atoms with Crippen molar-refractivity contribution in [1.82, 2.24) is 4.98 Å². The largest absolute Gasteiger partial charge is 0.491 e. The summed E-state index contributed by atoms with van der Waals surface area (Å²) in [7, 11) is -20.3. The molecule has 0 aliphatic rings. The van der Waals surface area contributed by atoms with E-state index in [1.807, 2.05) is 0 Å². The van der Waals surface area contributed by atoms with Crippen LogP contribution < -0.4 is 10.5 Å². The van der Waals surface area contributed by atoms with Crippen LogP contribution in [0.2, 0.25) is 0 Å². The van der Waals surface area contributed by atoms with Gasteiger partial charge in [0.25, 0.3) is 40.5 Å². The van der Waals surface area contributed by atoms with Gasteiger partial charge in [0.2, 0.25) is 0 Å². The highest BCUT2D eigenvalue weighted by molar-refractivity contribution is 7.89. The van der Waals surface area contributed by atoms with Gasteiger partial charge in [0.15, 0.2) is 10.0 Å². The van der Waals surface area contributed by atoms with E-state index in [0.29, 0.717) is 23.5 Å². The summed E-state index contributed by atoms with van der Waals surface area (Å²) in [4.78, 5) is 0.203. The number of ether oxygens (including phenoxy) is 1.